The van der Waals surface area contributed by atoms with E-state index in [0.29, 0.717) is 17.3 Å². The van der Waals surface area contributed by atoms with Crippen LogP contribution in [0.15, 0.2) is 30.8 Å². The Kier molecular flexibility index (Phi) is 5.44. The number of rotatable bonds is 5. The Balaban J connectivity index is 1.75. The van der Waals surface area contributed by atoms with Crippen molar-refractivity contribution in [2.75, 3.05) is 19.6 Å². The average Bonchev–Trinajstić information content (AvgIpc) is 2.46. The lowest BCUT2D eigenvalue weighted by atomic mass is 10.1. The SMILES string of the molecule is C=C(NNC(=O)CN1CCCCC1)c1ccc(Cl)cc1. The molecule has 0 atom stereocenters. The number of hydrogen-bond donors (Lipinski definition) is 2. The molecule has 0 radical (unpaired) electrons. The van der Waals surface area contributed by atoms with E-state index in [-0.39, 0.29) is 5.91 Å². The molecular formula is C15H20ClN3O. The van der Waals surface area contributed by atoms with Crippen LogP contribution in [0.1, 0.15) is 24.8 Å². The minimum Gasteiger partial charge on any atom is -0.299 e. The third kappa shape index (κ3) is 4.54. The van der Waals surface area contributed by atoms with Crippen molar-refractivity contribution in [1.82, 2.24) is 15.8 Å². The Morgan fingerprint density at radius 3 is 2.45 bits per heavy atom. The number of hydrazine groups is 1. The summed E-state index contributed by atoms with van der Waals surface area (Å²) in [6, 6.07) is 7.29. The van der Waals surface area contributed by atoms with Gasteiger partial charge in [-0.1, -0.05) is 36.7 Å². The number of nitrogens with one attached hydrogen (secondary N) is 2. The van der Waals surface area contributed by atoms with Crippen molar-refractivity contribution in [3.63, 3.8) is 0 Å². The summed E-state index contributed by atoms with van der Waals surface area (Å²) in [5.74, 6) is -0.0398. The second-order valence-electron chi connectivity index (χ2n) is 5.00. The highest BCUT2D eigenvalue weighted by Crippen LogP contribution is 2.13. The standard InChI is InChI=1S/C15H20ClN3O/c1-12(13-5-7-14(16)8-6-13)17-18-15(20)11-19-9-3-2-4-10-19/h5-8,17H,1-4,9-11H2,(H,18,20). The first-order chi connectivity index (χ1) is 9.65. The van der Waals surface area contributed by atoms with Crippen LogP contribution in [0, 0.1) is 0 Å². The van der Waals surface area contributed by atoms with Crippen LogP contribution >= 0.6 is 11.6 Å². The van der Waals surface area contributed by atoms with E-state index in [0.717, 1.165) is 18.7 Å². The minimum atomic E-state index is -0.0398. The van der Waals surface area contributed by atoms with Crippen LogP contribution < -0.4 is 10.9 Å². The summed E-state index contributed by atoms with van der Waals surface area (Å²) in [4.78, 5) is 14.0. The van der Waals surface area contributed by atoms with Gasteiger partial charge in [0.1, 0.15) is 0 Å². The largest absolute Gasteiger partial charge is 0.299 e. The maximum absolute atomic E-state index is 11.8. The molecule has 1 aliphatic heterocycles. The van der Waals surface area contributed by atoms with E-state index >= 15 is 0 Å². The van der Waals surface area contributed by atoms with Crippen molar-refractivity contribution in [3.8, 4) is 0 Å². The number of piperidine rings is 1. The number of amides is 1. The fourth-order valence-corrected chi connectivity index (χ4v) is 2.35. The Labute approximate surface area is 124 Å². The van der Waals surface area contributed by atoms with Crippen molar-refractivity contribution in [3.05, 3.63) is 41.4 Å². The van der Waals surface area contributed by atoms with E-state index in [2.05, 4.69) is 22.3 Å². The summed E-state index contributed by atoms with van der Waals surface area (Å²) in [5, 5.41) is 0.677. The van der Waals surface area contributed by atoms with E-state index in [4.69, 9.17) is 11.6 Å². The highest BCUT2D eigenvalue weighted by atomic mass is 35.5. The predicted octanol–water partition coefficient (Wildman–Crippen LogP) is 2.42. The molecule has 4 nitrogen and oxygen atoms in total. The second kappa shape index (κ2) is 7.31. The van der Waals surface area contributed by atoms with E-state index in [1.54, 1.807) is 12.1 Å². The lowest BCUT2D eigenvalue weighted by Gasteiger charge is -2.25. The highest BCUT2D eigenvalue weighted by Gasteiger charge is 2.13. The fraction of sp³-hybridized carbons (Fsp3) is 0.400. The Morgan fingerprint density at radius 2 is 1.80 bits per heavy atom. The quantitative estimate of drug-likeness (QED) is 0.820. The number of nitrogens with zero attached hydrogens (tertiary/aromatic N) is 1. The number of halogens is 1. The first kappa shape index (κ1) is 14.9. The van der Waals surface area contributed by atoms with E-state index in [1.807, 2.05) is 12.1 Å². The molecule has 1 heterocycles. The van der Waals surface area contributed by atoms with Crippen LogP contribution in [0.25, 0.3) is 5.70 Å². The molecule has 0 aliphatic carbocycles. The third-order valence-corrected chi connectivity index (χ3v) is 3.61. The molecule has 1 aliphatic rings. The van der Waals surface area contributed by atoms with E-state index in [1.165, 1.54) is 19.3 Å². The molecule has 0 spiro atoms. The molecule has 1 aromatic rings. The van der Waals surface area contributed by atoms with Gasteiger partial charge in [-0.05, 0) is 43.6 Å². The highest BCUT2D eigenvalue weighted by molar-refractivity contribution is 6.30. The van der Waals surface area contributed by atoms with Crippen LogP contribution in [0.4, 0.5) is 0 Å². The lowest BCUT2D eigenvalue weighted by molar-refractivity contribution is -0.123. The molecule has 1 amide bonds. The summed E-state index contributed by atoms with van der Waals surface area (Å²) in [6.45, 7) is 6.33. The molecule has 2 N–H and O–H groups in total. The molecule has 2 rings (SSSR count). The van der Waals surface area contributed by atoms with Gasteiger partial charge in [0.05, 0.1) is 12.2 Å². The van der Waals surface area contributed by atoms with Gasteiger partial charge < -0.3 is 0 Å². The molecule has 0 bridgehead atoms. The van der Waals surface area contributed by atoms with Crippen molar-refractivity contribution >= 4 is 23.2 Å². The monoisotopic (exact) mass is 293 g/mol. The molecule has 0 saturated carbocycles. The van der Waals surface area contributed by atoms with Crippen molar-refractivity contribution in [2.45, 2.75) is 19.3 Å². The predicted molar refractivity (Wildman–Crippen MR) is 82.1 cm³/mol. The summed E-state index contributed by atoms with van der Waals surface area (Å²) >= 11 is 5.83. The van der Waals surface area contributed by atoms with Gasteiger partial charge in [0, 0.05) is 5.02 Å². The number of likely N-dealkylation sites (tertiary alicyclic amines) is 1. The molecule has 5 heteroatoms. The smallest absolute Gasteiger partial charge is 0.252 e. The van der Waals surface area contributed by atoms with Gasteiger partial charge in [-0.15, -0.1) is 0 Å². The molecule has 0 unspecified atom stereocenters. The van der Waals surface area contributed by atoms with Crippen LogP contribution in [0.5, 0.6) is 0 Å². The van der Waals surface area contributed by atoms with Gasteiger partial charge in [0.15, 0.2) is 0 Å². The van der Waals surface area contributed by atoms with Crippen molar-refractivity contribution in [1.29, 1.82) is 0 Å². The molecule has 1 saturated heterocycles. The first-order valence-corrected chi connectivity index (χ1v) is 7.25. The van der Waals surface area contributed by atoms with Crippen molar-refractivity contribution in [2.24, 2.45) is 0 Å². The summed E-state index contributed by atoms with van der Waals surface area (Å²) < 4.78 is 0. The number of carbonyl (C=O) groups excluding carboxylic acids is 1. The zero-order valence-corrected chi connectivity index (χ0v) is 12.2. The number of carbonyl (C=O) groups is 1. The first-order valence-electron chi connectivity index (χ1n) is 6.87. The van der Waals surface area contributed by atoms with Crippen LogP contribution in [0.3, 0.4) is 0 Å². The molecule has 1 fully saturated rings. The summed E-state index contributed by atoms with van der Waals surface area (Å²) in [6.07, 6.45) is 3.63. The third-order valence-electron chi connectivity index (χ3n) is 3.36. The maximum Gasteiger partial charge on any atom is 0.252 e. The zero-order chi connectivity index (χ0) is 14.4. The van der Waals surface area contributed by atoms with Crippen LogP contribution in [-0.4, -0.2) is 30.4 Å². The molecular weight excluding hydrogens is 274 g/mol. The number of hydrogen-bond acceptors (Lipinski definition) is 3. The van der Waals surface area contributed by atoms with E-state index in [9.17, 15) is 4.79 Å². The van der Waals surface area contributed by atoms with Crippen LogP contribution in [-0.2, 0) is 4.79 Å². The second-order valence-corrected chi connectivity index (χ2v) is 5.43. The fourth-order valence-electron chi connectivity index (χ4n) is 2.23. The molecule has 1 aromatic carbocycles. The topological polar surface area (TPSA) is 44.4 Å². The van der Waals surface area contributed by atoms with Gasteiger partial charge in [-0.3, -0.25) is 20.5 Å². The normalized spacial score (nSPS) is 15.7. The summed E-state index contributed by atoms with van der Waals surface area (Å²) in [7, 11) is 0. The Bertz CT molecular complexity index is 467. The minimum absolute atomic E-state index is 0.0398. The number of benzene rings is 1. The molecule has 20 heavy (non-hydrogen) atoms. The van der Waals surface area contributed by atoms with Crippen molar-refractivity contribution < 1.29 is 4.79 Å². The summed E-state index contributed by atoms with van der Waals surface area (Å²) in [5.41, 5.74) is 7.07. The zero-order valence-electron chi connectivity index (χ0n) is 11.5. The van der Waals surface area contributed by atoms with Crippen LogP contribution in [0.2, 0.25) is 5.02 Å². The Hall–Kier alpha value is -1.52. The van der Waals surface area contributed by atoms with Gasteiger partial charge in [0.2, 0.25) is 0 Å². The van der Waals surface area contributed by atoms with Gasteiger partial charge in [-0.25, -0.2) is 0 Å². The van der Waals surface area contributed by atoms with E-state index < -0.39 is 0 Å². The molecule has 0 aromatic heterocycles. The molecule has 108 valence electrons. The van der Waals surface area contributed by atoms with Gasteiger partial charge in [0.25, 0.3) is 5.91 Å². The van der Waals surface area contributed by atoms with Gasteiger partial charge >= 0.3 is 0 Å². The average molecular weight is 294 g/mol. The Morgan fingerprint density at radius 1 is 1.15 bits per heavy atom. The van der Waals surface area contributed by atoms with Gasteiger partial charge in [-0.2, -0.15) is 0 Å². The maximum atomic E-state index is 11.8. The lowest BCUT2D eigenvalue weighted by Crippen LogP contribution is -2.44.